The van der Waals surface area contributed by atoms with Crippen molar-refractivity contribution in [1.29, 1.82) is 0 Å². The zero-order valence-electron chi connectivity index (χ0n) is 13.3. The van der Waals surface area contributed by atoms with Crippen LogP contribution in [-0.2, 0) is 30.2 Å². The van der Waals surface area contributed by atoms with Gasteiger partial charge in [-0.15, -0.1) is 0 Å². The van der Waals surface area contributed by atoms with Crippen LogP contribution in [0.1, 0.15) is 11.6 Å². The van der Waals surface area contributed by atoms with E-state index >= 15 is 0 Å². The molecule has 1 saturated heterocycles. The fourth-order valence-corrected chi connectivity index (χ4v) is 3.77. The first-order chi connectivity index (χ1) is 12.3. The lowest BCUT2D eigenvalue weighted by molar-refractivity contribution is -0.141. The number of nitrogens with two attached hydrogens (primary N) is 1. The Morgan fingerprint density at radius 1 is 1.19 bits per heavy atom. The minimum atomic E-state index is -5.26. The number of hydrogen-bond acceptors (Lipinski definition) is 7. The number of benzene rings is 1. The van der Waals surface area contributed by atoms with Crippen LogP contribution in [-0.4, -0.2) is 65.0 Å². The van der Waals surface area contributed by atoms with E-state index in [2.05, 4.69) is 0 Å². The highest BCUT2D eigenvalue weighted by Crippen LogP contribution is 2.25. The van der Waals surface area contributed by atoms with Gasteiger partial charge in [0.2, 0.25) is 5.91 Å². The van der Waals surface area contributed by atoms with Crippen LogP contribution >= 0.6 is 0 Å². The Hall–Kier alpha value is -2.75. The van der Waals surface area contributed by atoms with Crippen molar-refractivity contribution in [1.82, 2.24) is 13.9 Å². The summed E-state index contributed by atoms with van der Waals surface area (Å²) in [6.07, 6.45) is 0. The van der Waals surface area contributed by atoms with Crippen LogP contribution in [0.15, 0.2) is 30.3 Å². The van der Waals surface area contributed by atoms with Gasteiger partial charge in [-0.25, -0.2) is 9.10 Å². The van der Waals surface area contributed by atoms with Crippen molar-refractivity contribution in [3.8, 4) is 0 Å². The van der Waals surface area contributed by atoms with Crippen LogP contribution in [0.3, 0.4) is 0 Å². The Morgan fingerprint density at radius 3 is 2.15 bits per heavy atom. The molecule has 0 aliphatic carbocycles. The highest BCUT2D eigenvalue weighted by atomic mass is 32.2. The van der Waals surface area contributed by atoms with Gasteiger partial charge < -0.3 is 11.1 Å². The summed E-state index contributed by atoms with van der Waals surface area (Å²) in [6, 6.07) is 1.84. The van der Waals surface area contributed by atoms with Gasteiger partial charge in [-0.3, -0.25) is 18.7 Å². The van der Waals surface area contributed by atoms with Gasteiger partial charge >= 0.3 is 26.6 Å². The number of rotatable bonds is 6. The second kappa shape index (κ2) is 7.10. The van der Waals surface area contributed by atoms with Crippen LogP contribution in [0.25, 0.3) is 0 Å². The Balaban J connectivity index is 2.34. The maximum Gasteiger partial charge on any atom is 0.364 e. The molecule has 15 heteroatoms. The number of β-lactam (4-membered cyclic amide) rings is 1. The SMILES string of the molecule is NC(=O)N(C(C(=O)NC1CN(S(=O)(=O)O)C1=O)c1ccccc1)S(=O)(=O)O. The lowest BCUT2D eigenvalue weighted by Gasteiger charge is -2.36. The molecular weight excluding hydrogens is 408 g/mol. The molecule has 148 valence electrons. The molecule has 2 rings (SSSR count). The highest BCUT2D eigenvalue weighted by Gasteiger charge is 2.46. The molecule has 1 heterocycles. The van der Waals surface area contributed by atoms with Crippen molar-refractivity contribution in [2.45, 2.75) is 12.1 Å². The van der Waals surface area contributed by atoms with Crippen molar-refractivity contribution < 1.29 is 40.3 Å². The van der Waals surface area contributed by atoms with Crippen LogP contribution < -0.4 is 11.1 Å². The molecule has 2 unspecified atom stereocenters. The summed E-state index contributed by atoms with van der Waals surface area (Å²) < 4.78 is 62.7. The molecule has 1 aromatic rings. The third kappa shape index (κ3) is 4.33. The fourth-order valence-electron chi connectivity index (χ4n) is 2.36. The number of hydrogen-bond donors (Lipinski definition) is 4. The van der Waals surface area contributed by atoms with E-state index in [9.17, 15) is 35.8 Å². The predicted molar refractivity (Wildman–Crippen MR) is 87.3 cm³/mol. The van der Waals surface area contributed by atoms with Gasteiger partial charge in [-0.05, 0) is 5.56 Å². The first-order valence-electron chi connectivity index (χ1n) is 7.04. The molecule has 0 saturated carbocycles. The average molecular weight is 422 g/mol. The van der Waals surface area contributed by atoms with Crippen LogP contribution in [0.5, 0.6) is 0 Å². The molecule has 0 spiro atoms. The molecule has 0 bridgehead atoms. The van der Waals surface area contributed by atoms with Crippen molar-refractivity contribution in [2.75, 3.05) is 6.54 Å². The van der Waals surface area contributed by atoms with E-state index in [1.165, 1.54) is 30.3 Å². The number of primary amides is 1. The highest BCUT2D eigenvalue weighted by molar-refractivity contribution is 7.84. The summed E-state index contributed by atoms with van der Waals surface area (Å²) in [4.78, 5) is 35.7. The molecule has 1 fully saturated rings. The largest absolute Gasteiger partial charge is 0.364 e. The molecular formula is C12H14N4O9S2. The summed E-state index contributed by atoms with van der Waals surface area (Å²) in [6.45, 7) is -0.604. The molecule has 5 N–H and O–H groups in total. The van der Waals surface area contributed by atoms with Crippen molar-refractivity contribution in [3.05, 3.63) is 35.9 Å². The standard InChI is InChI=1S/C12H14N4O9S2/c13-12(19)16(27(23,24)25)9(7-4-2-1-3-5-7)10(17)14-8-6-15(11(8)18)26(20,21)22/h1-5,8-9H,6H2,(H2,13,19)(H,14,17)(H,20,21,22)(H,23,24,25). The number of nitrogens with one attached hydrogen (secondary N) is 1. The van der Waals surface area contributed by atoms with Gasteiger partial charge in [0.1, 0.15) is 6.04 Å². The van der Waals surface area contributed by atoms with E-state index in [0.717, 1.165) is 0 Å². The minimum Gasteiger partial charge on any atom is -0.351 e. The molecule has 0 aromatic heterocycles. The molecule has 0 radical (unpaired) electrons. The normalized spacial score (nSPS) is 18.4. The topological polar surface area (TPSA) is 204 Å². The zero-order chi connectivity index (χ0) is 20.6. The summed E-state index contributed by atoms with van der Waals surface area (Å²) in [5.74, 6) is -2.40. The molecule has 27 heavy (non-hydrogen) atoms. The van der Waals surface area contributed by atoms with Gasteiger partial charge in [0.25, 0.3) is 5.91 Å². The number of amides is 4. The lowest BCUT2D eigenvalue weighted by atomic mass is 10.0. The molecule has 13 nitrogen and oxygen atoms in total. The molecule has 1 aliphatic heterocycles. The lowest BCUT2D eigenvalue weighted by Crippen LogP contribution is -2.66. The average Bonchev–Trinajstić information content (AvgIpc) is 2.53. The van der Waals surface area contributed by atoms with E-state index < -0.39 is 57.1 Å². The van der Waals surface area contributed by atoms with E-state index in [0.29, 0.717) is 0 Å². The van der Waals surface area contributed by atoms with Gasteiger partial charge in [-0.1, -0.05) is 30.3 Å². The predicted octanol–water partition coefficient (Wildman–Crippen LogP) is -1.96. The number of urea groups is 1. The molecule has 1 aromatic carbocycles. The Bertz CT molecular complexity index is 977. The number of nitrogens with zero attached hydrogens (tertiary/aromatic N) is 2. The fraction of sp³-hybridized carbons (Fsp3) is 0.250. The second-order valence-corrected chi connectivity index (χ2v) is 7.96. The van der Waals surface area contributed by atoms with Crippen LogP contribution in [0, 0.1) is 0 Å². The van der Waals surface area contributed by atoms with E-state index in [1.54, 1.807) is 0 Å². The zero-order valence-corrected chi connectivity index (χ0v) is 14.9. The first-order valence-corrected chi connectivity index (χ1v) is 9.84. The smallest absolute Gasteiger partial charge is 0.351 e. The minimum absolute atomic E-state index is 0.0650. The maximum absolute atomic E-state index is 12.5. The van der Waals surface area contributed by atoms with Crippen LogP contribution in [0.4, 0.5) is 4.79 Å². The van der Waals surface area contributed by atoms with E-state index in [1.807, 2.05) is 5.32 Å². The van der Waals surface area contributed by atoms with Crippen LogP contribution in [0.2, 0.25) is 0 Å². The summed E-state index contributed by atoms with van der Waals surface area (Å²) >= 11 is 0. The van der Waals surface area contributed by atoms with Gasteiger partial charge in [0, 0.05) is 0 Å². The Morgan fingerprint density at radius 2 is 1.74 bits per heavy atom. The number of carbonyl (C=O) groups is 3. The van der Waals surface area contributed by atoms with E-state index in [-0.39, 0.29) is 14.2 Å². The Kier molecular flexibility index (Phi) is 5.41. The van der Waals surface area contributed by atoms with Crippen molar-refractivity contribution in [2.24, 2.45) is 5.73 Å². The third-order valence-electron chi connectivity index (χ3n) is 3.55. The first kappa shape index (κ1) is 20.6. The van der Waals surface area contributed by atoms with E-state index in [4.69, 9.17) is 10.3 Å². The molecule has 1 aliphatic rings. The van der Waals surface area contributed by atoms with Crippen molar-refractivity contribution in [3.63, 3.8) is 0 Å². The quantitative estimate of drug-likeness (QED) is 0.296. The van der Waals surface area contributed by atoms with Gasteiger partial charge in [-0.2, -0.15) is 21.1 Å². The molecule has 4 amide bonds. The van der Waals surface area contributed by atoms with Gasteiger partial charge in [0.05, 0.1) is 6.54 Å². The summed E-state index contributed by atoms with van der Waals surface area (Å²) in [5.41, 5.74) is 4.90. The number of carbonyl (C=O) groups excluding carboxylic acids is 3. The maximum atomic E-state index is 12.5. The second-order valence-electron chi connectivity index (χ2n) is 5.33. The summed E-state index contributed by atoms with van der Waals surface area (Å²) in [7, 11) is -10.1. The monoisotopic (exact) mass is 422 g/mol. The Labute approximate surface area is 153 Å². The van der Waals surface area contributed by atoms with Gasteiger partial charge in [0.15, 0.2) is 6.04 Å². The third-order valence-corrected chi connectivity index (χ3v) is 5.33. The van der Waals surface area contributed by atoms with Crippen molar-refractivity contribution >= 4 is 38.5 Å². The summed E-state index contributed by atoms with van der Waals surface area (Å²) in [5, 5.41) is 2.04. The molecule has 2 atom stereocenters.